The molecule has 7 rings (SSSR count). The van der Waals surface area contributed by atoms with Gasteiger partial charge in [0.1, 0.15) is 0 Å². The molecule has 0 unspecified atom stereocenters. The maximum absolute atomic E-state index is 4.28. The lowest BCUT2D eigenvalue weighted by Gasteiger charge is -2.75. The van der Waals surface area contributed by atoms with E-state index in [1.54, 1.807) is 0 Å². The Labute approximate surface area is 195 Å². The van der Waals surface area contributed by atoms with Crippen LogP contribution in [0.2, 0.25) is 58.9 Å². The van der Waals surface area contributed by atoms with Crippen LogP contribution in [0.15, 0.2) is 0 Å². The lowest BCUT2D eigenvalue weighted by Crippen LogP contribution is -3.19. The second kappa shape index (κ2) is 5.87. The molecule has 0 amide bonds. The van der Waals surface area contributed by atoms with Gasteiger partial charge < -0.3 is 55.8 Å². The molecule has 0 aromatic carbocycles. The van der Waals surface area contributed by atoms with Gasteiger partial charge in [-0.05, 0) is 58.9 Å². The van der Waals surface area contributed by atoms with Crippen molar-refractivity contribution in [3.8, 4) is 0 Å². The number of nitrogens with zero attached hydrogens (tertiary/aromatic N) is 1. The molecule has 7 aliphatic heterocycles. The summed E-state index contributed by atoms with van der Waals surface area (Å²) in [5, 5.41) is 0. The van der Waals surface area contributed by atoms with E-state index in [4.69, 9.17) is 0 Å². The van der Waals surface area contributed by atoms with E-state index in [0.717, 1.165) is 0 Å². The average molecular weight is 582 g/mol. The van der Waals surface area contributed by atoms with Crippen LogP contribution >= 0.6 is 0 Å². The molecule has 0 spiro atoms. The van der Waals surface area contributed by atoms with Gasteiger partial charge in [0.05, 0.1) is 0 Å². The molecular weight excluding hydrogens is 543 g/mol. The molecule has 12 N–H and O–H groups in total. The predicted octanol–water partition coefficient (Wildman–Crippen LogP) is -4.44. The van der Waals surface area contributed by atoms with Gasteiger partial charge >= 0.3 is 0 Å². The summed E-state index contributed by atoms with van der Waals surface area (Å²) in [4.78, 5) is 0. The van der Waals surface area contributed by atoms with Gasteiger partial charge in [-0.25, -0.2) is 0 Å². The van der Waals surface area contributed by atoms with Crippen LogP contribution in [0.25, 0.3) is 0 Å². The third kappa shape index (κ3) is 3.26. The Bertz CT molecular complexity index is 724. The summed E-state index contributed by atoms with van der Waals surface area (Å²) in [5.41, 5.74) is 0. The molecular formula is C9H39N13Si9. The standard InChI is InChI=1S/C9H39N13Si9/c1-23-10-24(2)12-25(3,11-23)15-28(6)19-30(8)17-26(4,13-23)16-29(7)18-27(5,14-24)20-31(9,21-28)22(29)30/h10-21H,1-9H3. The molecule has 7 saturated heterocycles. The number of hydrogen-bond acceptors (Lipinski definition) is 13. The van der Waals surface area contributed by atoms with Gasteiger partial charge in [-0.15, -0.1) is 0 Å². The van der Waals surface area contributed by atoms with Gasteiger partial charge in [0.2, 0.25) is 0 Å². The van der Waals surface area contributed by atoms with Crippen LogP contribution in [0.1, 0.15) is 0 Å². The zero-order valence-corrected chi connectivity index (χ0v) is 28.9. The van der Waals surface area contributed by atoms with Crippen molar-refractivity contribution in [2.75, 3.05) is 0 Å². The van der Waals surface area contributed by atoms with E-state index in [9.17, 15) is 0 Å². The highest BCUT2D eigenvalue weighted by atomic mass is 28.6. The lowest BCUT2D eigenvalue weighted by atomic mass is 11.9. The Kier molecular flexibility index (Phi) is 4.33. The summed E-state index contributed by atoms with van der Waals surface area (Å²) in [5.74, 6) is 0. The van der Waals surface area contributed by atoms with Crippen LogP contribution in [0.5, 0.6) is 0 Å². The molecule has 0 radical (unpaired) electrons. The Balaban J connectivity index is 1.68. The van der Waals surface area contributed by atoms with Crippen LogP contribution in [0, 0.1) is 0 Å². The van der Waals surface area contributed by atoms with Crippen molar-refractivity contribution >= 4 is 77.0 Å². The Hall–Kier alpha value is 1.43. The minimum atomic E-state index is -2.20. The fourth-order valence-corrected chi connectivity index (χ4v) is 92.1. The molecule has 7 fully saturated rings. The minimum Gasteiger partial charge on any atom is -0.312 e. The smallest absolute Gasteiger partial charge is 0.263 e. The first kappa shape index (κ1) is 22.9. The molecule has 7 heterocycles. The summed E-state index contributed by atoms with van der Waals surface area (Å²) in [6, 6.07) is 0. The van der Waals surface area contributed by atoms with Crippen LogP contribution in [0.4, 0.5) is 0 Å². The highest BCUT2D eigenvalue weighted by Crippen LogP contribution is 2.34. The van der Waals surface area contributed by atoms with Gasteiger partial charge in [-0.1, -0.05) is 0 Å². The van der Waals surface area contributed by atoms with E-state index in [2.05, 4.69) is 119 Å². The van der Waals surface area contributed by atoms with Crippen molar-refractivity contribution in [2.45, 2.75) is 58.9 Å². The van der Waals surface area contributed by atoms with E-state index in [1.165, 1.54) is 0 Å². The number of rotatable bonds is 0. The minimum absolute atomic E-state index is 2.19. The summed E-state index contributed by atoms with van der Waals surface area (Å²) in [6.07, 6.45) is 0. The third-order valence-corrected chi connectivity index (χ3v) is 65.7. The van der Waals surface area contributed by atoms with Gasteiger partial charge in [-0.3, -0.25) is 3.90 Å². The largest absolute Gasteiger partial charge is 0.312 e. The first-order chi connectivity index (χ1) is 13.9. The maximum atomic E-state index is 4.28. The fourth-order valence-electron chi connectivity index (χ4n) is 8.25. The number of nitrogens with one attached hydrogen (secondary N) is 12. The van der Waals surface area contributed by atoms with Gasteiger partial charge in [0.25, 0.3) is 77.0 Å². The van der Waals surface area contributed by atoms with Gasteiger partial charge in [0, 0.05) is 0 Å². The second-order valence-corrected chi connectivity index (χ2v) is 46.4. The van der Waals surface area contributed by atoms with Gasteiger partial charge in [0.15, 0.2) is 0 Å². The van der Waals surface area contributed by atoms with Crippen molar-refractivity contribution in [1.82, 2.24) is 59.7 Å². The molecule has 0 aliphatic carbocycles. The molecule has 7 aliphatic rings. The van der Waals surface area contributed by atoms with Crippen molar-refractivity contribution in [1.29, 1.82) is 0 Å². The third-order valence-electron chi connectivity index (χ3n) is 7.30. The monoisotopic (exact) mass is 581 g/mol. The van der Waals surface area contributed by atoms with Crippen LogP contribution in [-0.4, -0.2) is 80.9 Å². The predicted molar refractivity (Wildman–Crippen MR) is 144 cm³/mol. The Morgan fingerprint density at radius 1 is 0.290 bits per heavy atom. The van der Waals surface area contributed by atoms with E-state index >= 15 is 0 Å². The molecule has 9 bridgehead atoms. The van der Waals surface area contributed by atoms with Gasteiger partial charge in [-0.2, -0.15) is 0 Å². The SMILES string of the molecule is C[Si]12N[Si]3(C)N[Si](C)(N1)N[Si]1(C)N[Si]4(C)N[Si](C)(N2)N[Si]2(C)N[Si](C)(N3)N[Si](C)(N1)N24. The van der Waals surface area contributed by atoms with Crippen LogP contribution < -0.4 is 55.8 Å². The van der Waals surface area contributed by atoms with E-state index in [0.29, 0.717) is 0 Å². The zero-order valence-electron chi connectivity index (χ0n) is 19.9. The molecule has 0 aromatic heterocycles. The quantitative estimate of drug-likeness (QED) is 0.125. The molecule has 0 atom stereocenters. The zero-order chi connectivity index (χ0) is 22.6. The highest BCUT2D eigenvalue weighted by molar-refractivity contribution is 7.25. The topological polar surface area (TPSA) is 148 Å². The Morgan fingerprint density at radius 3 is 0.645 bits per heavy atom. The average Bonchev–Trinajstić information content (AvgIpc) is 2.32. The van der Waals surface area contributed by atoms with E-state index in [1.807, 2.05) is 0 Å². The first-order valence-corrected chi connectivity index (χ1v) is 33.5. The molecule has 0 aromatic rings. The van der Waals surface area contributed by atoms with Crippen LogP contribution in [0.3, 0.4) is 0 Å². The van der Waals surface area contributed by atoms with Crippen LogP contribution in [-0.2, 0) is 0 Å². The molecule has 0 saturated carbocycles. The summed E-state index contributed by atoms with van der Waals surface area (Å²) >= 11 is 0. The molecule has 31 heavy (non-hydrogen) atoms. The summed E-state index contributed by atoms with van der Waals surface area (Å²) in [7, 11) is -19.8. The molecule has 13 nitrogen and oxygen atoms in total. The molecule has 22 heteroatoms. The maximum Gasteiger partial charge on any atom is 0.263 e. The summed E-state index contributed by atoms with van der Waals surface area (Å²) < 4.78 is 53.8. The van der Waals surface area contributed by atoms with E-state index < -0.39 is 77.0 Å². The lowest BCUT2D eigenvalue weighted by molar-refractivity contribution is 0.661. The summed E-state index contributed by atoms with van der Waals surface area (Å²) in [6.45, 7) is 22.2. The van der Waals surface area contributed by atoms with E-state index in [-0.39, 0.29) is 0 Å². The normalized spacial score (nSPS) is 67.6. The van der Waals surface area contributed by atoms with Crippen molar-refractivity contribution in [3.05, 3.63) is 0 Å². The highest BCUT2D eigenvalue weighted by Gasteiger charge is 2.76. The van der Waals surface area contributed by atoms with Crippen molar-refractivity contribution in [2.24, 2.45) is 0 Å². The molecule has 176 valence electrons. The number of hydrogen-bond donors (Lipinski definition) is 12. The second-order valence-electron chi connectivity index (χ2n) is 11.8. The fraction of sp³-hybridized carbons (Fsp3) is 1.00. The Morgan fingerprint density at radius 2 is 0.452 bits per heavy atom. The van der Waals surface area contributed by atoms with Crippen molar-refractivity contribution < 1.29 is 0 Å². The van der Waals surface area contributed by atoms with Crippen molar-refractivity contribution in [3.63, 3.8) is 0 Å². The first-order valence-electron chi connectivity index (χ1n) is 11.2.